The minimum atomic E-state index is -0.243. The fourth-order valence-corrected chi connectivity index (χ4v) is 2.17. The zero-order valence-corrected chi connectivity index (χ0v) is 13.4. The van der Waals surface area contributed by atoms with Gasteiger partial charge in [-0.05, 0) is 41.8 Å². The molecule has 0 saturated carbocycles. The van der Waals surface area contributed by atoms with Crippen molar-refractivity contribution in [1.82, 2.24) is 0 Å². The van der Waals surface area contributed by atoms with E-state index in [0.29, 0.717) is 30.5 Å². The third-order valence-corrected chi connectivity index (χ3v) is 3.56. The monoisotopic (exact) mass is 322 g/mol. The van der Waals surface area contributed by atoms with Crippen LogP contribution in [0.2, 0.25) is 0 Å². The first-order valence-electron chi connectivity index (χ1n) is 7.55. The first-order valence-corrected chi connectivity index (χ1v) is 7.55. The summed E-state index contributed by atoms with van der Waals surface area (Å²) < 4.78 is 4.61. The molecule has 2 aromatic rings. The minimum absolute atomic E-state index is 0.208. The van der Waals surface area contributed by atoms with Crippen LogP contribution in [0.5, 0.6) is 0 Å². The fourth-order valence-electron chi connectivity index (χ4n) is 2.17. The van der Waals surface area contributed by atoms with Crippen LogP contribution in [-0.4, -0.2) is 19.0 Å². The number of aryl methyl sites for hydroxylation is 1. The number of benzene rings is 2. The molecule has 122 valence electrons. The predicted molar refractivity (Wildman–Crippen MR) is 90.5 cm³/mol. The number of nitriles is 1. The van der Waals surface area contributed by atoms with Gasteiger partial charge in [0, 0.05) is 17.7 Å². The molecule has 2 aromatic carbocycles. The van der Waals surface area contributed by atoms with Crippen molar-refractivity contribution in [3.63, 3.8) is 0 Å². The van der Waals surface area contributed by atoms with Crippen LogP contribution in [0.1, 0.15) is 27.9 Å². The molecule has 5 heteroatoms. The van der Waals surface area contributed by atoms with Crippen LogP contribution in [0.3, 0.4) is 0 Å². The minimum Gasteiger partial charge on any atom is -0.469 e. The summed E-state index contributed by atoms with van der Waals surface area (Å²) in [4.78, 5) is 23.3. The Balaban J connectivity index is 1.94. The average molecular weight is 322 g/mol. The van der Waals surface area contributed by atoms with E-state index in [1.807, 2.05) is 12.1 Å². The lowest BCUT2D eigenvalue weighted by molar-refractivity contribution is -0.140. The SMILES string of the molecule is COC(=O)CCc1ccc(NC(=O)c2ccc(CC#N)cc2)cc1. The van der Waals surface area contributed by atoms with E-state index >= 15 is 0 Å². The number of rotatable bonds is 6. The molecule has 0 atom stereocenters. The number of carbonyl (C=O) groups excluding carboxylic acids is 2. The van der Waals surface area contributed by atoms with E-state index < -0.39 is 0 Å². The van der Waals surface area contributed by atoms with Crippen molar-refractivity contribution in [2.24, 2.45) is 0 Å². The molecule has 5 nitrogen and oxygen atoms in total. The molecule has 0 aliphatic rings. The first-order chi connectivity index (χ1) is 11.6. The van der Waals surface area contributed by atoms with Gasteiger partial charge >= 0.3 is 5.97 Å². The van der Waals surface area contributed by atoms with Crippen LogP contribution in [0.15, 0.2) is 48.5 Å². The number of amides is 1. The molecule has 0 bridgehead atoms. The molecule has 0 spiro atoms. The van der Waals surface area contributed by atoms with Gasteiger partial charge in [-0.15, -0.1) is 0 Å². The molecule has 0 heterocycles. The van der Waals surface area contributed by atoms with Crippen LogP contribution >= 0.6 is 0 Å². The standard InChI is InChI=1S/C19H18N2O3/c1-24-18(22)11-6-14-4-9-17(10-5-14)21-19(23)16-7-2-15(3-8-16)12-13-20/h2-5,7-10H,6,11-12H2,1H3,(H,21,23). The first kappa shape index (κ1) is 17.2. The van der Waals surface area contributed by atoms with Crippen LogP contribution in [0, 0.1) is 11.3 Å². The number of hydrogen-bond acceptors (Lipinski definition) is 4. The second kappa shape index (κ2) is 8.49. The molecule has 0 radical (unpaired) electrons. The molecule has 2 rings (SSSR count). The normalized spacial score (nSPS) is 9.83. The van der Waals surface area contributed by atoms with Gasteiger partial charge in [-0.25, -0.2) is 0 Å². The highest BCUT2D eigenvalue weighted by atomic mass is 16.5. The quantitative estimate of drug-likeness (QED) is 0.829. The van der Waals surface area contributed by atoms with Gasteiger partial charge < -0.3 is 10.1 Å². The molecule has 0 fully saturated rings. The number of hydrogen-bond donors (Lipinski definition) is 1. The van der Waals surface area contributed by atoms with Crippen molar-refractivity contribution in [1.29, 1.82) is 5.26 Å². The number of carbonyl (C=O) groups is 2. The molecule has 1 N–H and O–H groups in total. The maximum atomic E-state index is 12.2. The molecule has 0 aromatic heterocycles. The van der Waals surface area contributed by atoms with Crippen LogP contribution in [0.25, 0.3) is 0 Å². The third kappa shape index (κ3) is 4.96. The van der Waals surface area contributed by atoms with Gasteiger partial charge in [-0.1, -0.05) is 24.3 Å². The summed E-state index contributed by atoms with van der Waals surface area (Å²) in [6.07, 6.45) is 1.26. The maximum absolute atomic E-state index is 12.2. The van der Waals surface area contributed by atoms with Crippen molar-refractivity contribution >= 4 is 17.6 Å². The van der Waals surface area contributed by atoms with E-state index in [-0.39, 0.29) is 11.9 Å². The summed E-state index contributed by atoms with van der Waals surface area (Å²) in [6.45, 7) is 0. The van der Waals surface area contributed by atoms with Crippen LogP contribution in [0.4, 0.5) is 5.69 Å². The molecule has 24 heavy (non-hydrogen) atoms. The summed E-state index contributed by atoms with van der Waals surface area (Å²) in [5, 5.41) is 11.5. The Morgan fingerprint density at radius 2 is 1.67 bits per heavy atom. The topological polar surface area (TPSA) is 79.2 Å². The Morgan fingerprint density at radius 3 is 2.25 bits per heavy atom. The number of anilines is 1. The largest absolute Gasteiger partial charge is 0.469 e. The third-order valence-electron chi connectivity index (χ3n) is 3.56. The average Bonchev–Trinajstić information content (AvgIpc) is 2.61. The Kier molecular flexibility index (Phi) is 6.09. The summed E-state index contributed by atoms with van der Waals surface area (Å²) in [7, 11) is 1.37. The second-order valence-corrected chi connectivity index (χ2v) is 5.26. The lowest BCUT2D eigenvalue weighted by Crippen LogP contribution is -2.11. The Labute approximate surface area is 140 Å². The lowest BCUT2D eigenvalue weighted by Gasteiger charge is -2.07. The Hall–Kier alpha value is -3.13. The molecule has 0 saturated heterocycles. The number of methoxy groups -OCH3 is 1. The van der Waals surface area contributed by atoms with E-state index in [2.05, 4.69) is 16.1 Å². The fraction of sp³-hybridized carbons (Fsp3) is 0.211. The molecular formula is C19H18N2O3. The van der Waals surface area contributed by atoms with Gasteiger partial charge in [-0.3, -0.25) is 9.59 Å². The summed E-state index contributed by atoms with van der Waals surface area (Å²) in [5.41, 5.74) is 3.10. The highest BCUT2D eigenvalue weighted by Crippen LogP contribution is 2.13. The van der Waals surface area contributed by atoms with E-state index in [1.54, 1.807) is 36.4 Å². The number of nitrogens with one attached hydrogen (secondary N) is 1. The Morgan fingerprint density at radius 1 is 1.04 bits per heavy atom. The van der Waals surface area contributed by atoms with Gasteiger partial charge in [0.1, 0.15) is 0 Å². The molecule has 1 amide bonds. The highest BCUT2D eigenvalue weighted by Gasteiger charge is 2.07. The van der Waals surface area contributed by atoms with E-state index in [4.69, 9.17) is 5.26 Å². The van der Waals surface area contributed by atoms with Gasteiger partial charge in [-0.2, -0.15) is 5.26 Å². The Bertz CT molecular complexity index is 744. The number of esters is 1. The summed E-state index contributed by atoms with van der Waals surface area (Å²) >= 11 is 0. The van der Waals surface area contributed by atoms with Gasteiger partial charge in [0.15, 0.2) is 0 Å². The van der Waals surface area contributed by atoms with Gasteiger partial charge in [0.2, 0.25) is 0 Å². The van der Waals surface area contributed by atoms with Crippen molar-refractivity contribution in [2.45, 2.75) is 19.3 Å². The van der Waals surface area contributed by atoms with Gasteiger partial charge in [0.25, 0.3) is 5.91 Å². The number of ether oxygens (including phenoxy) is 1. The second-order valence-electron chi connectivity index (χ2n) is 5.26. The van der Waals surface area contributed by atoms with E-state index in [1.165, 1.54) is 7.11 Å². The zero-order valence-electron chi connectivity index (χ0n) is 13.4. The maximum Gasteiger partial charge on any atom is 0.305 e. The summed E-state index contributed by atoms with van der Waals surface area (Å²) in [5.74, 6) is -0.451. The van der Waals surface area contributed by atoms with Crippen molar-refractivity contribution in [3.05, 3.63) is 65.2 Å². The van der Waals surface area contributed by atoms with Crippen molar-refractivity contribution < 1.29 is 14.3 Å². The van der Waals surface area contributed by atoms with Crippen LogP contribution in [-0.2, 0) is 22.4 Å². The smallest absolute Gasteiger partial charge is 0.305 e. The number of nitrogens with zero attached hydrogens (tertiary/aromatic N) is 1. The molecular weight excluding hydrogens is 304 g/mol. The van der Waals surface area contributed by atoms with E-state index in [9.17, 15) is 9.59 Å². The van der Waals surface area contributed by atoms with Crippen LogP contribution < -0.4 is 5.32 Å². The highest BCUT2D eigenvalue weighted by molar-refractivity contribution is 6.04. The zero-order chi connectivity index (χ0) is 17.4. The van der Waals surface area contributed by atoms with Crippen molar-refractivity contribution in [2.75, 3.05) is 12.4 Å². The summed E-state index contributed by atoms with van der Waals surface area (Å²) in [6, 6.07) is 16.4. The lowest BCUT2D eigenvalue weighted by atomic mass is 10.1. The van der Waals surface area contributed by atoms with E-state index in [0.717, 1.165) is 11.1 Å². The molecule has 0 aliphatic heterocycles. The molecule has 0 unspecified atom stereocenters. The predicted octanol–water partition coefficient (Wildman–Crippen LogP) is 3.11. The van der Waals surface area contributed by atoms with Crippen molar-refractivity contribution in [3.8, 4) is 6.07 Å². The molecule has 0 aliphatic carbocycles. The van der Waals surface area contributed by atoms with Gasteiger partial charge in [0.05, 0.1) is 19.6 Å².